The van der Waals surface area contributed by atoms with Gasteiger partial charge in [0, 0.05) is 11.1 Å². The van der Waals surface area contributed by atoms with Gasteiger partial charge in [-0.3, -0.25) is 4.79 Å². The van der Waals surface area contributed by atoms with Crippen molar-refractivity contribution in [2.75, 3.05) is 6.61 Å². The lowest BCUT2D eigenvalue weighted by Crippen LogP contribution is -2.40. The van der Waals surface area contributed by atoms with Crippen LogP contribution in [0.15, 0.2) is 36.4 Å². The second kappa shape index (κ2) is 7.62. The molecule has 1 amide bonds. The molecule has 0 saturated heterocycles. The Hall–Kier alpha value is -2.10. The van der Waals surface area contributed by atoms with E-state index in [4.69, 9.17) is 4.74 Å². The number of benzene rings is 1. The van der Waals surface area contributed by atoms with Crippen LogP contribution in [0.4, 0.5) is 0 Å². The molecule has 1 rings (SSSR count). The molecule has 0 saturated carbocycles. The predicted octanol–water partition coefficient (Wildman–Crippen LogP) is 3.34. The number of allylic oxidation sites excluding steroid dienone is 1. The first kappa shape index (κ1) is 17.0. The van der Waals surface area contributed by atoms with Crippen molar-refractivity contribution in [3.05, 3.63) is 47.5 Å². The van der Waals surface area contributed by atoms with Gasteiger partial charge in [-0.15, -0.1) is 0 Å². The highest BCUT2D eigenvalue weighted by Crippen LogP contribution is 2.08. The van der Waals surface area contributed by atoms with Gasteiger partial charge in [0.25, 0.3) is 5.91 Å². The number of carbonyl (C=O) groups is 2. The lowest BCUT2D eigenvalue weighted by atomic mass is 10.1. The highest BCUT2D eigenvalue weighted by Gasteiger charge is 2.15. The van der Waals surface area contributed by atoms with E-state index < -0.39 is 5.97 Å². The van der Waals surface area contributed by atoms with Crippen molar-refractivity contribution in [2.45, 2.75) is 39.7 Å². The Balaban J connectivity index is 2.63. The number of hydrogen-bond acceptors (Lipinski definition) is 3. The Kier molecular flexibility index (Phi) is 6.15. The third-order valence-electron chi connectivity index (χ3n) is 2.58. The summed E-state index contributed by atoms with van der Waals surface area (Å²) in [4.78, 5) is 23.7. The van der Waals surface area contributed by atoms with Crippen LogP contribution in [-0.2, 0) is 4.74 Å². The van der Waals surface area contributed by atoms with Crippen molar-refractivity contribution >= 4 is 11.9 Å². The third-order valence-corrected chi connectivity index (χ3v) is 2.58. The van der Waals surface area contributed by atoms with Gasteiger partial charge in [-0.25, -0.2) is 4.79 Å². The molecule has 0 aromatic heterocycles. The topological polar surface area (TPSA) is 55.4 Å². The third kappa shape index (κ3) is 6.25. The Morgan fingerprint density at radius 2 is 1.67 bits per heavy atom. The van der Waals surface area contributed by atoms with Gasteiger partial charge in [-0.1, -0.05) is 19.1 Å². The summed E-state index contributed by atoms with van der Waals surface area (Å²) in [6.45, 7) is 8.03. The molecule has 1 N–H and O–H groups in total. The summed E-state index contributed by atoms with van der Waals surface area (Å²) in [5.41, 5.74) is 0.667. The highest BCUT2D eigenvalue weighted by atomic mass is 16.5. The Labute approximate surface area is 126 Å². The second-order valence-corrected chi connectivity index (χ2v) is 5.76. The minimum absolute atomic E-state index is 0.159. The van der Waals surface area contributed by atoms with Crippen molar-refractivity contribution < 1.29 is 14.3 Å². The summed E-state index contributed by atoms with van der Waals surface area (Å²) in [6, 6.07) is 6.45. The molecule has 0 heterocycles. The molecule has 4 nitrogen and oxygen atoms in total. The summed E-state index contributed by atoms with van der Waals surface area (Å²) < 4.78 is 5.08. The molecule has 114 valence electrons. The molecule has 0 aliphatic heterocycles. The normalized spacial score (nSPS) is 11.4. The molecule has 0 atom stereocenters. The van der Waals surface area contributed by atoms with Crippen LogP contribution in [0.2, 0.25) is 0 Å². The number of ether oxygens (including phenoxy) is 1. The fourth-order valence-electron chi connectivity index (χ4n) is 1.61. The Morgan fingerprint density at radius 1 is 1.10 bits per heavy atom. The molecule has 0 aliphatic rings. The van der Waals surface area contributed by atoms with Crippen molar-refractivity contribution in [2.24, 2.45) is 0 Å². The van der Waals surface area contributed by atoms with E-state index in [9.17, 15) is 9.59 Å². The Morgan fingerprint density at radius 3 is 2.19 bits per heavy atom. The average Bonchev–Trinajstić information content (AvgIpc) is 2.41. The van der Waals surface area contributed by atoms with Crippen molar-refractivity contribution in [1.29, 1.82) is 0 Å². The molecule has 0 fully saturated rings. The fraction of sp³-hybridized carbons (Fsp3) is 0.412. The van der Waals surface area contributed by atoms with Crippen molar-refractivity contribution in [3.8, 4) is 0 Å². The maximum atomic E-state index is 11.9. The number of esters is 1. The predicted molar refractivity (Wildman–Crippen MR) is 83.4 cm³/mol. The molecule has 4 heteroatoms. The van der Waals surface area contributed by atoms with Crippen LogP contribution < -0.4 is 5.32 Å². The van der Waals surface area contributed by atoms with Crippen LogP contribution in [-0.4, -0.2) is 24.0 Å². The number of carbonyl (C=O) groups excluding carboxylic acids is 2. The van der Waals surface area contributed by atoms with E-state index in [1.807, 2.05) is 39.8 Å². The highest BCUT2D eigenvalue weighted by molar-refractivity contribution is 5.96. The van der Waals surface area contributed by atoms with Gasteiger partial charge in [0.05, 0.1) is 5.56 Å². The van der Waals surface area contributed by atoms with E-state index in [1.165, 1.54) is 0 Å². The molecule has 0 unspecified atom stereocenters. The maximum absolute atomic E-state index is 11.9. The van der Waals surface area contributed by atoms with Gasteiger partial charge < -0.3 is 10.1 Å². The molecule has 0 radical (unpaired) electrons. The van der Waals surface area contributed by atoms with Gasteiger partial charge >= 0.3 is 5.97 Å². The van der Waals surface area contributed by atoms with Crippen molar-refractivity contribution in [3.63, 3.8) is 0 Å². The smallest absolute Gasteiger partial charge is 0.338 e. The average molecular weight is 289 g/mol. The minimum Gasteiger partial charge on any atom is -0.458 e. The summed E-state index contributed by atoms with van der Waals surface area (Å²) in [5.74, 6) is -0.549. The number of nitrogens with one attached hydrogen (secondary N) is 1. The lowest BCUT2D eigenvalue weighted by Gasteiger charge is -2.20. The summed E-state index contributed by atoms with van der Waals surface area (Å²) >= 11 is 0. The summed E-state index contributed by atoms with van der Waals surface area (Å²) in [6.07, 6.45) is 4.66. The van der Waals surface area contributed by atoms with Gasteiger partial charge in [-0.05, 0) is 51.5 Å². The maximum Gasteiger partial charge on any atom is 0.338 e. The van der Waals surface area contributed by atoms with Crippen LogP contribution in [0.1, 0.15) is 54.8 Å². The Bertz CT molecular complexity index is 510. The fourth-order valence-corrected chi connectivity index (χ4v) is 1.61. The molecule has 21 heavy (non-hydrogen) atoms. The summed E-state index contributed by atoms with van der Waals surface area (Å²) in [5, 5.41) is 2.87. The number of amides is 1. The van der Waals surface area contributed by atoms with E-state index in [0.29, 0.717) is 11.1 Å². The van der Waals surface area contributed by atoms with Gasteiger partial charge in [0.15, 0.2) is 0 Å². The number of hydrogen-bond donors (Lipinski definition) is 1. The SMILES string of the molecule is CC/C=C/COC(=O)c1ccc(C(=O)NC(C)(C)C)cc1. The zero-order valence-corrected chi connectivity index (χ0v) is 13.1. The standard InChI is InChI=1S/C17H23NO3/c1-5-6-7-12-21-16(20)14-10-8-13(9-11-14)15(19)18-17(2,3)4/h6-11H,5,12H2,1-4H3,(H,18,19)/b7-6+. The van der Waals surface area contributed by atoms with E-state index >= 15 is 0 Å². The van der Waals surface area contributed by atoms with Crippen LogP contribution in [0.25, 0.3) is 0 Å². The first-order valence-electron chi connectivity index (χ1n) is 7.08. The lowest BCUT2D eigenvalue weighted by molar-refractivity contribution is 0.0549. The minimum atomic E-state index is -0.390. The van der Waals surface area contributed by atoms with Crippen LogP contribution >= 0.6 is 0 Å². The van der Waals surface area contributed by atoms with Crippen LogP contribution in [0.3, 0.4) is 0 Å². The van der Waals surface area contributed by atoms with Crippen molar-refractivity contribution in [1.82, 2.24) is 5.32 Å². The van der Waals surface area contributed by atoms with E-state index in [0.717, 1.165) is 6.42 Å². The van der Waals surface area contributed by atoms with E-state index in [1.54, 1.807) is 24.3 Å². The molecule has 1 aromatic carbocycles. The zero-order chi connectivity index (χ0) is 15.9. The largest absolute Gasteiger partial charge is 0.458 e. The number of rotatable bonds is 5. The van der Waals surface area contributed by atoms with Crippen LogP contribution in [0, 0.1) is 0 Å². The van der Waals surface area contributed by atoms with Gasteiger partial charge in [-0.2, -0.15) is 0 Å². The molecular formula is C17H23NO3. The van der Waals surface area contributed by atoms with Gasteiger partial charge in [0.1, 0.15) is 6.61 Å². The van der Waals surface area contributed by atoms with E-state index in [2.05, 4.69) is 5.32 Å². The molecule has 1 aromatic rings. The zero-order valence-electron chi connectivity index (χ0n) is 13.1. The second-order valence-electron chi connectivity index (χ2n) is 5.76. The first-order valence-corrected chi connectivity index (χ1v) is 7.08. The summed E-state index contributed by atoms with van der Waals surface area (Å²) in [7, 11) is 0. The molecule has 0 bridgehead atoms. The van der Waals surface area contributed by atoms with Crippen LogP contribution in [0.5, 0.6) is 0 Å². The van der Waals surface area contributed by atoms with Gasteiger partial charge in [0.2, 0.25) is 0 Å². The molecular weight excluding hydrogens is 266 g/mol. The molecule has 0 spiro atoms. The first-order chi connectivity index (χ1) is 9.83. The quantitative estimate of drug-likeness (QED) is 0.668. The molecule has 0 aliphatic carbocycles. The monoisotopic (exact) mass is 289 g/mol. The van der Waals surface area contributed by atoms with E-state index in [-0.39, 0.29) is 18.1 Å².